The van der Waals surface area contributed by atoms with Crippen molar-refractivity contribution in [1.29, 1.82) is 0 Å². The first kappa shape index (κ1) is 30.1. The van der Waals surface area contributed by atoms with Crippen LogP contribution in [0.1, 0.15) is 19.4 Å². The van der Waals surface area contributed by atoms with Crippen molar-refractivity contribution in [2.24, 2.45) is 5.73 Å². The smallest absolute Gasteiger partial charge is 0.245 e. The normalized spacial score (nSPS) is 25.8. The van der Waals surface area contributed by atoms with Gasteiger partial charge in [-0.25, -0.2) is 0 Å². The number of benzene rings is 1. The number of nitrogens with one attached hydrogen (secondary N) is 3. The van der Waals surface area contributed by atoms with E-state index in [4.69, 9.17) is 15.2 Å². The maximum absolute atomic E-state index is 13.1. The zero-order valence-electron chi connectivity index (χ0n) is 20.4. The molecule has 14 nitrogen and oxygen atoms in total. The number of hydrogen-bond acceptors (Lipinski definition) is 10. The van der Waals surface area contributed by atoms with Crippen LogP contribution in [0.4, 0.5) is 0 Å². The zero-order valence-corrected chi connectivity index (χ0v) is 20.4. The average Bonchev–Trinajstić information content (AvgIpc) is 2.85. The van der Waals surface area contributed by atoms with Gasteiger partial charge in [-0.2, -0.15) is 0 Å². The van der Waals surface area contributed by atoms with Gasteiger partial charge in [0.2, 0.25) is 23.6 Å². The molecule has 9 N–H and O–H groups in total. The lowest BCUT2D eigenvalue weighted by molar-refractivity contribution is -0.301. The first-order chi connectivity index (χ1) is 17.4. The lowest BCUT2D eigenvalue weighted by Crippen LogP contribution is -2.61. The Morgan fingerprint density at radius 1 is 0.973 bits per heavy atom. The molecule has 206 valence electrons. The largest absolute Gasteiger partial charge is 0.394 e. The Balaban J connectivity index is 2.17. The fourth-order valence-corrected chi connectivity index (χ4v) is 3.59. The van der Waals surface area contributed by atoms with Crippen LogP contribution in [0.15, 0.2) is 30.3 Å². The van der Waals surface area contributed by atoms with E-state index in [1.54, 1.807) is 30.3 Å². The third-order valence-electron chi connectivity index (χ3n) is 5.66. The first-order valence-corrected chi connectivity index (χ1v) is 11.6. The number of rotatable bonds is 12. The summed E-state index contributed by atoms with van der Waals surface area (Å²) in [7, 11) is 0. The van der Waals surface area contributed by atoms with Gasteiger partial charge < -0.3 is 51.6 Å². The number of aliphatic hydroxyl groups excluding tert-OH is 4. The van der Waals surface area contributed by atoms with Gasteiger partial charge in [-0.15, -0.1) is 0 Å². The summed E-state index contributed by atoms with van der Waals surface area (Å²) in [5.41, 5.74) is 6.17. The molecular formula is C23H34N4O10. The van der Waals surface area contributed by atoms with Gasteiger partial charge in [-0.3, -0.25) is 19.2 Å². The Kier molecular flexibility index (Phi) is 11.4. The van der Waals surface area contributed by atoms with Crippen LogP contribution >= 0.6 is 0 Å². The van der Waals surface area contributed by atoms with E-state index in [9.17, 15) is 39.6 Å². The molecule has 0 unspecified atom stereocenters. The lowest BCUT2D eigenvalue weighted by atomic mass is 9.99. The van der Waals surface area contributed by atoms with Crippen molar-refractivity contribution in [3.63, 3.8) is 0 Å². The van der Waals surface area contributed by atoms with Gasteiger partial charge in [-0.05, 0) is 12.5 Å². The quantitative estimate of drug-likeness (QED) is 0.132. The summed E-state index contributed by atoms with van der Waals surface area (Å²) >= 11 is 0. The molecule has 8 atom stereocenters. The molecule has 1 heterocycles. The molecule has 1 aromatic carbocycles. The molecular weight excluding hydrogens is 492 g/mol. The van der Waals surface area contributed by atoms with Crippen LogP contribution < -0.4 is 21.7 Å². The van der Waals surface area contributed by atoms with E-state index in [-0.39, 0.29) is 6.42 Å². The predicted octanol–water partition coefficient (Wildman–Crippen LogP) is -3.97. The second kappa shape index (κ2) is 14.0. The maximum atomic E-state index is 13.1. The highest BCUT2D eigenvalue weighted by Gasteiger charge is 2.44. The Hall–Kier alpha value is -3.14. The van der Waals surface area contributed by atoms with Crippen LogP contribution in [0.5, 0.6) is 0 Å². The third kappa shape index (κ3) is 8.73. The number of carbonyl (C=O) groups is 4. The van der Waals surface area contributed by atoms with Gasteiger partial charge in [-0.1, -0.05) is 30.3 Å². The molecule has 0 spiro atoms. The van der Waals surface area contributed by atoms with E-state index in [0.717, 1.165) is 0 Å². The molecule has 37 heavy (non-hydrogen) atoms. The van der Waals surface area contributed by atoms with Crippen molar-refractivity contribution in [3.8, 4) is 0 Å². The van der Waals surface area contributed by atoms with E-state index in [1.807, 2.05) is 0 Å². The Bertz CT molecular complexity index is 931. The van der Waals surface area contributed by atoms with Gasteiger partial charge >= 0.3 is 0 Å². The van der Waals surface area contributed by atoms with Crippen molar-refractivity contribution in [3.05, 3.63) is 35.9 Å². The van der Waals surface area contributed by atoms with Crippen molar-refractivity contribution >= 4 is 23.6 Å². The monoisotopic (exact) mass is 526 g/mol. The average molecular weight is 527 g/mol. The van der Waals surface area contributed by atoms with Crippen LogP contribution in [0.25, 0.3) is 0 Å². The standard InChI is InChI=1S/C23H34N4O10/c1-11(25-12(2)29)21(34)27-15(10-36-23-19(32)18(31)17(30)16(9-28)37-23)22(35)26-14(20(24)33)8-13-6-4-3-5-7-13/h3-7,11,14-19,23,28,30-32H,8-10H2,1-2H3,(H2,24,33)(H,25,29)(H,26,35)(H,27,34)/t11-,14-,15-,16+,17-,18-,19+,23+/m0/s1. The van der Waals surface area contributed by atoms with E-state index in [0.29, 0.717) is 5.56 Å². The molecule has 1 fully saturated rings. The second-order valence-corrected chi connectivity index (χ2v) is 8.67. The van der Waals surface area contributed by atoms with Crippen molar-refractivity contribution in [2.75, 3.05) is 13.2 Å². The fraction of sp³-hybridized carbons (Fsp3) is 0.565. The molecule has 14 heteroatoms. The molecule has 0 aliphatic carbocycles. The minimum absolute atomic E-state index is 0.0679. The minimum Gasteiger partial charge on any atom is -0.394 e. The number of primary amides is 1. The Morgan fingerprint density at radius 2 is 1.59 bits per heavy atom. The third-order valence-corrected chi connectivity index (χ3v) is 5.66. The predicted molar refractivity (Wildman–Crippen MR) is 126 cm³/mol. The molecule has 1 saturated heterocycles. The highest BCUT2D eigenvalue weighted by atomic mass is 16.7. The van der Waals surface area contributed by atoms with Crippen LogP contribution in [0.3, 0.4) is 0 Å². The first-order valence-electron chi connectivity index (χ1n) is 11.6. The van der Waals surface area contributed by atoms with Gasteiger partial charge in [0.15, 0.2) is 6.29 Å². The number of aliphatic hydroxyl groups is 4. The topological polar surface area (TPSA) is 230 Å². The lowest BCUT2D eigenvalue weighted by Gasteiger charge is -2.40. The summed E-state index contributed by atoms with van der Waals surface area (Å²) in [6, 6.07) is 5.10. The molecule has 2 rings (SSSR count). The number of hydrogen-bond donors (Lipinski definition) is 8. The van der Waals surface area contributed by atoms with Crippen LogP contribution in [0, 0.1) is 0 Å². The molecule has 0 bridgehead atoms. The van der Waals surface area contributed by atoms with Gasteiger partial charge in [0, 0.05) is 13.3 Å². The molecule has 0 aromatic heterocycles. The van der Waals surface area contributed by atoms with Crippen LogP contribution in [0.2, 0.25) is 0 Å². The highest BCUT2D eigenvalue weighted by molar-refractivity contribution is 5.93. The molecule has 1 aliphatic heterocycles. The van der Waals surface area contributed by atoms with Gasteiger partial charge in [0.25, 0.3) is 0 Å². The van der Waals surface area contributed by atoms with E-state index in [1.165, 1.54) is 13.8 Å². The number of ether oxygens (including phenoxy) is 2. The number of carbonyl (C=O) groups excluding carboxylic acids is 4. The zero-order chi connectivity index (χ0) is 27.7. The maximum Gasteiger partial charge on any atom is 0.245 e. The summed E-state index contributed by atoms with van der Waals surface area (Å²) in [5, 5.41) is 46.6. The van der Waals surface area contributed by atoms with E-state index < -0.39 is 85.7 Å². The SMILES string of the molecule is CC(=O)N[C@@H](C)C(=O)N[C@@H](CO[C@@H]1O[C@H](CO)[C@H](O)[C@H](O)[C@H]1O)C(=O)N[C@@H](Cc1ccccc1)C(N)=O. The van der Waals surface area contributed by atoms with E-state index >= 15 is 0 Å². The van der Waals surface area contributed by atoms with Gasteiger partial charge in [0.1, 0.15) is 42.5 Å². The summed E-state index contributed by atoms with van der Waals surface area (Å²) in [4.78, 5) is 49.0. The molecule has 1 aromatic rings. The van der Waals surface area contributed by atoms with Crippen LogP contribution in [-0.2, 0) is 35.1 Å². The highest BCUT2D eigenvalue weighted by Crippen LogP contribution is 2.22. The number of nitrogens with two attached hydrogens (primary N) is 1. The molecule has 0 saturated carbocycles. The fourth-order valence-electron chi connectivity index (χ4n) is 3.59. The summed E-state index contributed by atoms with van der Waals surface area (Å²) in [6.07, 6.45) is -7.85. The minimum atomic E-state index is -1.74. The van der Waals surface area contributed by atoms with Crippen molar-refractivity contribution < 1.29 is 49.1 Å². The van der Waals surface area contributed by atoms with Crippen molar-refractivity contribution in [2.45, 2.75) is 69.1 Å². The Morgan fingerprint density at radius 3 is 2.16 bits per heavy atom. The second-order valence-electron chi connectivity index (χ2n) is 8.67. The summed E-state index contributed by atoms with van der Waals surface area (Å²) in [5.74, 6) is -2.94. The number of amides is 4. The summed E-state index contributed by atoms with van der Waals surface area (Å²) < 4.78 is 10.7. The Labute approximate surface area is 213 Å². The summed E-state index contributed by atoms with van der Waals surface area (Å²) in [6.45, 7) is 1.27. The van der Waals surface area contributed by atoms with Crippen molar-refractivity contribution in [1.82, 2.24) is 16.0 Å². The van der Waals surface area contributed by atoms with Crippen LogP contribution in [-0.4, -0.2) is 106 Å². The van der Waals surface area contributed by atoms with E-state index in [2.05, 4.69) is 16.0 Å². The molecule has 4 amide bonds. The molecule has 1 aliphatic rings. The van der Waals surface area contributed by atoms with Gasteiger partial charge in [0.05, 0.1) is 13.2 Å². The molecule has 0 radical (unpaired) electrons.